The number of fused-ring (bicyclic) bond motifs is 1. The van der Waals surface area contributed by atoms with Gasteiger partial charge in [-0.25, -0.2) is 4.98 Å². The molecule has 0 spiro atoms. The van der Waals surface area contributed by atoms with Gasteiger partial charge in [0.2, 0.25) is 0 Å². The third-order valence-corrected chi connectivity index (χ3v) is 3.28. The average molecular weight is 239 g/mol. The lowest BCUT2D eigenvalue weighted by Crippen LogP contribution is -2.12. The second kappa shape index (κ2) is 3.68. The van der Waals surface area contributed by atoms with Gasteiger partial charge in [-0.15, -0.1) is 10.2 Å². The van der Waals surface area contributed by atoms with Crippen LogP contribution in [-0.2, 0) is 4.74 Å². The van der Waals surface area contributed by atoms with Gasteiger partial charge in [0.1, 0.15) is 5.82 Å². The molecule has 6 heteroatoms. The zero-order valence-electron chi connectivity index (χ0n) is 8.80. The lowest BCUT2D eigenvalue weighted by molar-refractivity contribution is 0.117. The van der Waals surface area contributed by atoms with Crippen molar-refractivity contribution < 1.29 is 4.74 Å². The Bertz CT molecular complexity index is 527. The maximum Gasteiger partial charge on any atom is 0.198 e. The summed E-state index contributed by atoms with van der Waals surface area (Å²) in [5, 5.41) is 8.64. The summed E-state index contributed by atoms with van der Waals surface area (Å²) >= 11 is 5.95. The van der Waals surface area contributed by atoms with Gasteiger partial charge in [0.25, 0.3) is 0 Å². The minimum absolute atomic E-state index is 0.180. The fraction of sp³-hybridized carbons (Fsp3) is 0.500. The molecule has 0 aromatic carbocycles. The molecule has 16 heavy (non-hydrogen) atoms. The number of hydrogen-bond donors (Lipinski definition) is 0. The van der Waals surface area contributed by atoms with Crippen molar-refractivity contribution in [3.8, 4) is 0 Å². The second-order valence-corrected chi connectivity index (χ2v) is 4.30. The van der Waals surface area contributed by atoms with Crippen LogP contribution in [0.25, 0.3) is 5.65 Å². The van der Waals surface area contributed by atoms with Gasteiger partial charge in [-0.2, -0.15) is 0 Å². The van der Waals surface area contributed by atoms with E-state index in [2.05, 4.69) is 22.1 Å². The highest BCUT2D eigenvalue weighted by Gasteiger charge is 2.30. The molecule has 1 fully saturated rings. The first-order valence-electron chi connectivity index (χ1n) is 5.24. The first kappa shape index (κ1) is 9.99. The molecular formula is C10H11ClN4O. The van der Waals surface area contributed by atoms with E-state index in [0.29, 0.717) is 10.8 Å². The summed E-state index contributed by atoms with van der Waals surface area (Å²) in [5.41, 5.74) is 0.610. The highest BCUT2D eigenvalue weighted by Crippen LogP contribution is 2.30. The Morgan fingerprint density at radius 3 is 3.12 bits per heavy atom. The fourth-order valence-electron chi connectivity index (χ4n) is 2.14. The Morgan fingerprint density at radius 2 is 2.38 bits per heavy atom. The molecule has 0 N–H and O–H groups in total. The van der Waals surface area contributed by atoms with E-state index in [0.717, 1.165) is 18.9 Å². The van der Waals surface area contributed by atoms with Gasteiger partial charge in [-0.05, 0) is 13.3 Å². The smallest absolute Gasteiger partial charge is 0.198 e. The van der Waals surface area contributed by atoms with Crippen LogP contribution < -0.4 is 0 Å². The molecule has 2 aromatic rings. The van der Waals surface area contributed by atoms with Gasteiger partial charge in [0.05, 0.1) is 6.10 Å². The number of hydrogen-bond acceptors (Lipinski definition) is 4. The van der Waals surface area contributed by atoms with Crippen LogP contribution in [0, 0.1) is 0 Å². The number of ether oxygens (including phenoxy) is 1. The number of nitrogens with zero attached hydrogens (tertiary/aromatic N) is 4. The van der Waals surface area contributed by atoms with Crippen LogP contribution in [0.5, 0.6) is 0 Å². The quantitative estimate of drug-likeness (QED) is 0.758. The van der Waals surface area contributed by atoms with E-state index in [1.54, 1.807) is 6.20 Å². The maximum atomic E-state index is 5.95. The minimum atomic E-state index is 0.180. The van der Waals surface area contributed by atoms with Crippen LogP contribution in [0.1, 0.15) is 25.1 Å². The van der Waals surface area contributed by atoms with E-state index in [9.17, 15) is 0 Å². The third kappa shape index (κ3) is 1.39. The van der Waals surface area contributed by atoms with Gasteiger partial charge in [0.15, 0.2) is 10.8 Å². The van der Waals surface area contributed by atoms with E-state index >= 15 is 0 Å². The normalized spacial score (nSPS) is 25.4. The van der Waals surface area contributed by atoms with Crippen LogP contribution in [0.4, 0.5) is 0 Å². The molecule has 84 valence electrons. The number of rotatable bonds is 1. The molecule has 5 nitrogen and oxygen atoms in total. The summed E-state index contributed by atoms with van der Waals surface area (Å²) in [5.74, 6) is 1.19. The van der Waals surface area contributed by atoms with Gasteiger partial charge < -0.3 is 4.74 Å². The first-order valence-corrected chi connectivity index (χ1v) is 5.62. The zero-order chi connectivity index (χ0) is 11.1. The van der Waals surface area contributed by atoms with Crippen LogP contribution in [0.2, 0.25) is 5.15 Å². The average Bonchev–Trinajstić information content (AvgIpc) is 2.84. The molecule has 2 unspecified atom stereocenters. The van der Waals surface area contributed by atoms with E-state index in [-0.39, 0.29) is 12.0 Å². The van der Waals surface area contributed by atoms with Crippen LogP contribution >= 0.6 is 11.6 Å². The lowest BCUT2D eigenvalue weighted by atomic mass is 10.0. The summed E-state index contributed by atoms with van der Waals surface area (Å²) < 4.78 is 7.43. The fourth-order valence-corrected chi connectivity index (χ4v) is 2.32. The van der Waals surface area contributed by atoms with E-state index < -0.39 is 0 Å². The second-order valence-electron chi connectivity index (χ2n) is 3.94. The van der Waals surface area contributed by atoms with E-state index in [4.69, 9.17) is 16.3 Å². The largest absolute Gasteiger partial charge is 0.378 e. The van der Waals surface area contributed by atoms with Crippen molar-refractivity contribution >= 4 is 17.2 Å². The van der Waals surface area contributed by atoms with Gasteiger partial charge in [-0.1, -0.05) is 11.6 Å². The van der Waals surface area contributed by atoms with Gasteiger partial charge in [0, 0.05) is 24.9 Å². The Hall–Kier alpha value is -1.20. The van der Waals surface area contributed by atoms with Crippen molar-refractivity contribution in [2.24, 2.45) is 0 Å². The number of aromatic nitrogens is 4. The van der Waals surface area contributed by atoms with E-state index in [1.807, 2.05) is 10.6 Å². The summed E-state index contributed by atoms with van der Waals surface area (Å²) in [6, 6.07) is 0. The molecule has 0 bridgehead atoms. The summed E-state index contributed by atoms with van der Waals surface area (Å²) in [7, 11) is 0. The predicted octanol–water partition coefficient (Wildman–Crippen LogP) is 1.67. The molecule has 1 aliphatic heterocycles. The third-order valence-electron chi connectivity index (χ3n) is 3.02. The molecule has 3 heterocycles. The Labute approximate surface area is 97.4 Å². The molecule has 1 aliphatic rings. The topological polar surface area (TPSA) is 52.3 Å². The summed E-state index contributed by atoms with van der Waals surface area (Å²) in [6.07, 6.45) is 4.64. The molecule has 3 rings (SSSR count). The lowest BCUT2D eigenvalue weighted by Gasteiger charge is -2.11. The van der Waals surface area contributed by atoms with Crippen molar-refractivity contribution in [3.05, 3.63) is 23.4 Å². The molecule has 0 saturated carbocycles. The van der Waals surface area contributed by atoms with Crippen molar-refractivity contribution in [1.82, 2.24) is 19.6 Å². The molecule has 0 amide bonds. The van der Waals surface area contributed by atoms with Crippen LogP contribution in [0.15, 0.2) is 12.4 Å². The standard InChI is InChI=1S/C10H11ClN4O/c1-6-7(2-5-16-6)9-13-14-10-8(11)12-3-4-15(9)10/h3-4,6-7H,2,5H2,1H3. The maximum absolute atomic E-state index is 5.95. The van der Waals surface area contributed by atoms with Crippen molar-refractivity contribution in [1.29, 1.82) is 0 Å². The zero-order valence-corrected chi connectivity index (χ0v) is 9.55. The Balaban J connectivity index is 2.14. The van der Waals surface area contributed by atoms with Crippen molar-refractivity contribution in [3.63, 3.8) is 0 Å². The highest BCUT2D eigenvalue weighted by atomic mass is 35.5. The first-order chi connectivity index (χ1) is 7.77. The molecule has 0 aliphatic carbocycles. The van der Waals surface area contributed by atoms with Gasteiger partial charge in [-0.3, -0.25) is 4.40 Å². The predicted molar refractivity (Wildman–Crippen MR) is 58.6 cm³/mol. The minimum Gasteiger partial charge on any atom is -0.378 e. The number of halogens is 1. The summed E-state index contributed by atoms with van der Waals surface area (Å²) in [4.78, 5) is 3.98. The highest BCUT2D eigenvalue weighted by molar-refractivity contribution is 6.32. The molecule has 2 atom stereocenters. The monoisotopic (exact) mass is 238 g/mol. The van der Waals surface area contributed by atoms with Crippen molar-refractivity contribution in [2.75, 3.05) is 6.61 Å². The van der Waals surface area contributed by atoms with E-state index in [1.165, 1.54) is 0 Å². The molecular weight excluding hydrogens is 228 g/mol. The summed E-state index contributed by atoms with van der Waals surface area (Å²) in [6.45, 7) is 2.83. The van der Waals surface area contributed by atoms with Crippen LogP contribution in [-0.4, -0.2) is 32.3 Å². The molecule has 0 radical (unpaired) electrons. The van der Waals surface area contributed by atoms with Crippen molar-refractivity contribution in [2.45, 2.75) is 25.4 Å². The Morgan fingerprint density at radius 1 is 1.50 bits per heavy atom. The molecule has 1 saturated heterocycles. The Kier molecular flexibility index (Phi) is 2.29. The van der Waals surface area contributed by atoms with Gasteiger partial charge >= 0.3 is 0 Å². The molecule has 2 aromatic heterocycles. The SMILES string of the molecule is CC1OCCC1c1nnc2c(Cl)nccn12. The van der Waals surface area contributed by atoms with Crippen LogP contribution in [0.3, 0.4) is 0 Å².